The molecule has 10 heteroatoms. The summed E-state index contributed by atoms with van der Waals surface area (Å²) in [6.07, 6.45) is 2.58. The van der Waals surface area contributed by atoms with Gasteiger partial charge in [0.2, 0.25) is 17.6 Å². The number of hydrogen-bond acceptors (Lipinski definition) is 7. The van der Waals surface area contributed by atoms with Crippen LogP contribution >= 0.6 is 0 Å². The van der Waals surface area contributed by atoms with E-state index in [1.807, 2.05) is 12.1 Å². The first-order valence-corrected chi connectivity index (χ1v) is 12.8. The molecule has 1 heterocycles. The third kappa shape index (κ3) is 5.80. The standard InChI is InChI=1S/C24H30N2O7S/c1-31-20-14-18(15-21(32-2)24(20)33-3)8-11-22(27)25-12-5-13-26(25)23(28)16-17-6-9-19(10-7-17)34(4,29)30/h6-7,9-10,14-15H,5,8,11-13,16H2,1-4H3. The minimum Gasteiger partial charge on any atom is -0.493 e. The van der Waals surface area contributed by atoms with E-state index in [2.05, 4.69) is 0 Å². The summed E-state index contributed by atoms with van der Waals surface area (Å²) in [5.41, 5.74) is 1.54. The normalized spacial score (nSPS) is 13.6. The molecule has 0 saturated carbocycles. The van der Waals surface area contributed by atoms with E-state index in [-0.39, 0.29) is 29.6 Å². The highest BCUT2D eigenvalue weighted by Crippen LogP contribution is 2.38. The summed E-state index contributed by atoms with van der Waals surface area (Å²) in [7, 11) is 1.31. The molecule has 1 aliphatic heterocycles. The summed E-state index contributed by atoms with van der Waals surface area (Å²) < 4.78 is 39.3. The van der Waals surface area contributed by atoms with E-state index in [1.165, 1.54) is 43.5 Å². The molecule has 1 saturated heterocycles. The molecule has 184 valence electrons. The number of sulfone groups is 1. The van der Waals surface area contributed by atoms with Gasteiger partial charge in [-0.3, -0.25) is 19.6 Å². The Morgan fingerprint density at radius 3 is 1.91 bits per heavy atom. The lowest BCUT2D eigenvalue weighted by Gasteiger charge is -2.28. The van der Waals surface area contributed by atoms with E-state index in [0.29, 0.717) is 48.7 Å². The maximum Gasteiger partial charge on any atom is 0.245 e. The monoisotopic (exact) mass is 490 g/mol. The fourth-order valence-electron chi connectivity index (χ4n) is 3.91. The van der Waals surface area contributed by atoms with Gasteiger partial charge in [-0.05, 0) is 48.2 Å². The smallest absolute Gasteiger partial charge is 0.245 e. The average Bonchev–Trinajstić information content (AvgIpc) is 3.31. The lowest BCUT2D eigenvalue weighted by atomic mass is 10.1. The fourth-order valence-corrected chi connectivity index (χ4v) is 4.54. The Bertz CT molecular complexity index is 1120. The van der Waals surface area contributed by atoms with E-state index >= 15 is 0 Å². The van der Waals surface area contributed by atoms with Crippen molar-refractivity contribution in [2.24, 2.45) is 0 Å². The molecule has 2 aromatic rings. The molecular weight excluding hydrogens is 460 g/mol. The molecular formula is C24H30N2O7S. The number of hydrogen-bond donors (Lipinski definition) is 0. The van der Waals surface area contributed by atoms with Gasteiger partial charge in [0.1, 0.15) is 0 Å². The Labute approximate surface area is 200 Å². The van der Waals surface area contributed by atoms with E-state index in [4.69, 9.17) is 14.2 Å². The number of carbonyl (C=O) groups excluding carboxylic acids is 2. The molecule has 0 atom stereocenters. The van der Waals surface area contributed by atoms with Crippen LogP contribution in [-0.4, -0.2) is 70.9 Å². The Balaban J connectivity index is 1.64. The van der Waals surface area contributed by atoms with Gasteiger partial charge in [-0.25, -0.2) is 8.42 Å². The van der Waals surface area contributed by atoms with Gasteiger partial charge in [0.05, 0.1) is 32.6 Å². The van der Waals surface area contributed by atoms with Gasteiger partial charge in [0.25, 0.3) is 0 Å². The highest BCUT2D eigenvalue weighted by atomic mass is 32.2. The predicted molar refractivity (Wildman–Crippen MR) is 126 cm³/mol. The number of methoxy groups -OCH3 is 3. The molecule has 1 aliphatic rings. The summed E-state index contributed by atoms with van der Waals surface area (Å²) >= 11 is 0. The highest BCUT2D eigenvalue weighted by Gasteiger charge is 2.30. The molecule has 0 spiro atoms. The Kier molecular flexibility index (Phi) is 8.03. The Morgan fingerprint density at radius 1 is 0.853 bits per heavy atom. The lowest BCUT2D eigenvalue weighted by molar-refractivity contribution is -0.157. The maximum absolute atomic E-state index is 13.0. The van der Waals surface area contributed by atoms with Crippen LogP contribution in [0.5, 0.6) is 17.2 Å². The molecule has 0 aliphatic carbocycles. The van der Waals surface area contributed by atoms with E-state index < -0.39 is 9.84 Å². The van der Waals surface area contributed by atoms with Gasteiger partial charge in [0, 0.05) is 25.8 Å². The van der Waals surface area contributed by atoms with Gasteiger partial charge in [-0.2, -0.15) is 0 Å². The van der Waals surface area contributed by atoms with Crippen molar-refractivity contribution in [2.45, 2.75) is 30.6 Å². The molecule has 0 radical (unpaired) electrons. The first-order chi connectivity index (χ1) is 16.2. The van der Waals surface area contributed by atoms with Crippen molar-refractivity contribution in [1.82, 2.24) is 10.0 Å². The number of nitrogens with zero attached hydrogens (tertiary/aromatic N) is 2. The number of amides is 2. The third-order valence-corrected chi connectivity index (χ3v) is 6.79. The first-order valence-electron chi connectivity index (χ1n) is 10.9. The second-order valence-corrected chi connectivity index (χ2v) is 10.0. The van der Waals surface area contributed by atoms with Crippen LogP contribution in [0.2, 0.25) is 0 Å². The Morgan fingerprint density at radius 2 is 1.41 bits per heavy atom. The van der Waals surface area contributed by atoms with E-state index in [0.717, 1.165) is 11.8 Å². The van der Waals surface area contributed by atoms with E-state index in [1.54, 1.807) is 12.1 Å². The molecule has 0 bridgehead atoms. The maximum atomic E-state index is 13.0. The van der Waals surface area contributed by atoms with Crippen molar-refractivity contribution in [3.63, 3.8) is 0 Å². The quantitative estimate of drug-likeness (QED) is 0.531. The van der Waals surface area contributed by atoms with Crippen molar-refractivity contribution in [1.29, 1.82) is 0 Å². The van der Waals surface area contributed by atoms with Crippen LogP contribution in [-0.2, 0) is 32.3 Å². The lowest BCUT2D eigenvalue weighted by Crippen LogP contribution is -2.45. The summed E-state index contributed by atoms with van der Waals surface area (Å²) in [4.78, 5) is 26.0. The largest absolute Gasteiger partial charge is 0.493 e. The SMILES string of the molecule is COc1cc(CCC(=O)N2CCCN2C(=O)Cc2ccc(S(C)(=O)=O)cc2)cc(OC)c1OC. The van der Waals surface area contributed by atoms with Crippen LogP contribution in [0, 0.1) is 0 Å². The van der Waals surface area contributed by atoms with Crippen LogP contribution < -0.4 is 14.2 Å². The van der Waals surface area contributed by atoms with Gasteiger partial charge >= 0.3 is 0 Å². The molecule has 0 N–H and O–H groups in total. The van der Waals surface area contributed by atoms with Crippen LogP contribution in [0.25, 0.3) is 0 Å². The summed E-state index contributed by atoms with van der Waals surface area (Å²) in [5.74, 6) is 1.17. The van der Waals surface area contributed by atoms with Crippen LogP contribution in [0.1, 0.15) is 24.0 Å². The summed E-state index contributed by atoms with van der Waals surface area (Å²) in [5, 5.41) is 2.99. The number of ether oxygens (including phenoxy) is 3. The van der Waals surface area contributed by atoms with Gasteiger partial charge in [-0.15, -0.1) is 0 Å². The second-order valence-electron chi connectivity index (χ2n) is 8.01. The Hall–Kier alpha value is -3.27. The average molecular weight is 491 g/mol. The van der Waals surface area contributed by atoms with Gasteiger partial charge in [-0.1, -0.05) is 12.1 Å². The molecule has 0 unspecified atom stereocenters. The summed E-state index contributed by atoms with van der Waals surface area (Å²) in [6.45, 7) is 0.947. The number of rotatable bonds is 9. The zero-order valence-corrected chi connectivity index (χ0v) is 20.7. The topological polar surface area (TPSA) is 102 Å². The zero-order chi connectivity index (χ0) is 24.9. The molecule has 2 amide bonds. The minimum atomic E-state index is -3.30. The summed E-state index contributed by atoms with van der Waals surface area (Å²) in [6, 6.07) is 9.84. The van der Waals surface area contributed by atoms with Crippen molar-refractivity contribution < 1.29 is 32.2 Å². The highest BCUT2D eigenvalue weighted by molar-refractivity contribution is 7.90. The molecule has 34 heavy (non-hydrogen) atoms. The van der Waals surface area contributed by atoms with Crippen LogP contribution in [0.15, 0.2) is 41.3 Å². The van der Waals surface area contributed by atoms with Crippen molar-refractivity contribution in [2.75, 3.05) is 40.7 Å². The fraction of sp³-hybridized carbons (Fsp3) is 0.417. The zero-order valence-electron chi connectivity index (χ0n) is 19.9. The minimum absolute atomic E-state index is 0.0840. The molecule has 2 aromatic carbocycles. The van der Waals surface area contributed by atoms with Gasteiger partial charge in [0.15, 0.2) is 21.3 Å². The van der Waals surface area contributed by atoms with Crippen molar-refractivity contribution in [3.05, 3.63) is 47.5 Å². The van der Waals surface area contributed by atoms with Gasteiger partial charge < -0.3 is 14.2 Å². The second kappa shape index (κ2) is 10.8. The number of aryl methyl sites for hydroxylation is 1. The third-order valence-electron chi connectivity index (χ3n) is 5.67. The predicted octanol–water partition coefficient (Wildman–Crippen LogP) is 2.27. The number of benzene rings is 2. The molecule has 0 aromatic heterocycles. The molecule has 3 rings (SSSR count). The van der Waals surface area contributed by atoms with Crippen LogP contribution in [0.3, 0.4) is 0 Å². The van der Waals surface area contributed by atoms with Crippen LogP contribution in [0.4, 0.5) is 0 Å². The number of carbonyl (C=O) groups is 2. The molecule has 9 nitrogen and oxygen atoms in total. The first kappa shape index (κ1) is 25.4. The van der Waals surface area contributed by atoms with E-state index in [9.17, 15) is 18.0 Å². The van der Waals surface area contributed by atoms with Crippen molar-refractivity contribution >= 4 is 21.7 Å². The number of hydrazine groups is 1. The molecule has 1 fully saturated rings. The van der Waals surface area contributed by atoms with Crippen molar-refractivity contribution in [3.8, 4) is 17.2 Å².